The van der Waals surface area contributed by atoms with Crippen LogP contribution in [0.3, 0.4) is 0 Å². The second kappa shape index (κ2) is 10.7. The lowest BCUT2D eigenvalue weighted by atomic mass is 10.0. The van der Waals surface area contributed by atoms with Crippen molar-refractivity contribution in [2.24, 2.45) is 0 Å². The number of likely N-dealkylation sites (tertiary alicyclic amines) is 1. The average molecular weight is 514 g/mol. The van der Waals surface area contributed by atoms with Crippen molar-refractivity contribution in [2.45, 2.75) is 56.7 Å². The standard InChI is InChI=1S/C27H33F2N5O3/c1-32(10-9-21-7-8-26(35)34(21)20-5-6-20)14-18-16-33(15-17-3-4-19(28)11-23(17)29)25-13-30-24(12-22(18)25)27(36)31-37-2/h3-4,11-13,18,20-21H,5-10,14-16H2,1-2H3,(H,31,36). The lowest BCUT2D eigenvalue weighted by Crippen LogP contribution is -2.38. The molecule has 2 unspecified atom stereocenters. The van der Waals surface area contributed by atoms with Gasteiger partial charge < -0.3 is 14.7 Å². The predicted octanol–water partition coefficient (Wildman–Crippen LogP) is 3.23. The number of halogens is 2. The van der Waals surface area contributed by atoms with Crippen LogP contribution in [0.5, 0.6) is 0 Å². The van der Waals surface area contributed by atoms with Crippen molar-refractivity contribution in [3.63, 3.8) is 0 Å². The number of hydrogen-bond donors (Lipinski definition) is 1. The van der Waals surface area contributed by atoms with Gasteiger partial charge in [0.1, 0.15) is 17.3 Å². The summed E-state index contributed by atoms with van der Waals surface area (Å²) in [5, 5.41) is 0. The van der Waals surface area contributed by atoms with Gasteiger partial charge >= 0.3 is 0 Å². The minimum Gasteiger partial charge on any atom is -0.365 e. The van der Waals surface area contributed by atoms with Crippen LogP contribution in [0, 0.1) is 11.6 Å². The van der Waals surface area contributed by atoms with Crippen molar-refractivity contribution in [3.05, 3.63) is 58.9 Å². The van der Waals surface area contributed by atoms with Crippen LogP contribution in [0.15, 0.2) is 30.5 Å². The number of benzene rings is 1. The molecule has 10 heteroatoms. The highest BCUT2D eigenvalue weighted by Gasteiger charge is 2.41. The van der Waals surface area contributed by atoms with Gasteiger partial charge in [-0.2, -0.15) is 0 Å². The highest BCUT2D eigenvalue weighted by molar-refractivity contribution is 5.92. The minimum absolute atomic E-state index is 0.0605. The number of anilines is 1. The molecule has 1 N–H and O–H groups in total. The molecular weight excluding hydrogens is 480 g/mol. The summed E-state index contributed by atoms with van der Waals surface area (Å²) in [6, 6.07) is 6.14. The van der Waals surface area contributed by atoms with Crippen LogP contribution in [0.2, 0.25) is 0 Å². The number of fused-ring (bicyclic) bond motifs is 1. The summed E-state index contributed by atoms with van der Waals surface area (Å²) in [6.07, 6.45) is 6.38. The Morgan fingerprint density at radius 1 is 1.24 bits per heavy atom. The number of carbonyl (C=O) groups is 2. The molecule has 0 spiro atoms. The molecule has 5 rings (SSSR count). The molecule has 3 heterocycles. The van der Waals surface area contributed by atoms with Crippen LogP contribution in [-0.2, 0) is 16.2 Å². The summed E-state index contributed by atoms with van der Waals surface area (Å²) in [7, 11) is 3.43. The molecule has 3 aliphatic rings. The van der Waals surface area contributed by atoms with E-state index in [0.29, 0.717) is 30.6 Å². The zero-order valence-corrected chi connectivity index (χ0v) is 21.3. The van der Waals surface area contributed by atoms with E-state index in [1.807, 2.05) is 4.90 Å². The molecule has 2 fully saturated rings. The summed E-state index contributed by atoms with van der Waals surface area (Å²) < 4.78 is 27.9. The van der Waals surface area contributed by atoms with E-state index in [1.54, 1.807) is 12.3 Å². The van der Waals surface area contributed by atoms with Crippen molar-refractivity contribution in [1.29, 1.82) is 0 Å². The lowest BCUT2D eigenvalue weighted by Gasteiger charge is -2.28. The van der Waals surface area contributed by atoms with Gasteiger partial charge in [0.25, 0.3) is 5.91 Å². The van der Waals surface area contributed by atoms with Crippen molar-refractivity contribution >= 4 is 17.5 Å². The number of pyridine rings is 1. The summed E-state index contributed by atoms with van der Waals surface area (Å²) >= 11 is 0. The van der Waals surface area contributed by atoms with Crippen LogP contribution < -0.4 is 10.4 Å². The molecule has 0 radical (unpaired) electrons. The highest BCUT2D eigenvalue weighted by atomic mass is 19.1. The van der Waals surface area contributed by atoms with Gasteiger partial charge in [-0.1, -0.05) is 6.07 Å². The van der Waals surface area contributed by atoms with E-state index < -0.39 is 17.5 Å². The van der Waals surface area contributed by atoms with Gasteiger partial charge in [0.15, 0.2) is 0 Å². The van der Waals surface area contributed by atoms with Gasteiger partial charge in [0.2, 0.25) is 5.91 Å². The number of hydroxylamine groups is 1. The van der Waals surface area contributed by atoms with E-state index in [-0.39, 0.29) is 24.1 Å². The molecule has 1 saturated carbocycles. The van der Waals surface area contributed by atoms with E-state index in [1.165, 1.54) is 19.2 Å². The summed E-state index contributed by atoms with van der Waals surface area (Å²) in [6.45, 7) is 2.46. The highest BCUT2D eigenvalue weighted by Crippen LogP contribution is 2.38. The van der Waals surface area contributed by atoms with Crippen LogP contribution in [0.25, 0.3) is 0 Å². The molecule has 37 heavy (non-hydrogen) atoms. The fourth-order valence-corrected chi connectivity index (χ4v) is 5.68. The molecule has 198 valence electrons. The molecule has 2 aliphatic heterocycles. The monoisotopic (exact) mass is 513 g/mol. The first-order valence-electron chi connectivity index (χ1n) is 12.9. The average Bonchev–Trinajstić information content (AvgIpc) is 3.56. The molecule has 1 saturated heterocycles. The van der Waals surface area contributed by atoms with Gasteiger partial charge in [-0.05, 0) is 57.0 Å². The molecule has 2 aromatic rings. The third-order valence-electron chi connectivity index (χ3n) is 7.63. The molecule has 1 aromatic heterocycles. The number of likely N-dealkylation sites (N-methyl/N-ethyl adjacent to an activating group) is 1. The van der Waals surface area contributed by atoms with Crippen LogP contribution in [-0.4, -0.2) is 72.5 Å². The molecule has 0 bridgehead atoms. The Bertz CT molecular complexity index is 1170. The summed E-state index contributed by atoms with van der Waals surface area (Å²) in [5.41, 5.74) is 4.73. The third-order valence-corrected chi connectivity index (χ3v) is 7.63. The number of rotatable bonds is 10. The third kappa shape index (κ3) is 5.60. The van der Waals surface area contributed by atoms with E-state index in [0.717, 1.165) is 56.1 Å². The summed E-state index contributed by atoms with van der Waals surface area (Å²) in [4.78, 5) is 40.1. The first kappa shape index (κ1) is 25.5. The number of aromatic nitrogens is 1. The van der Waals surface area contributed by atoms with Gasteiger partial charge in [-0.15, -0.1) is 0 Å². The van der Waals surface area contributed by atoms with Crippen LogP contribution in [0.1, 0.15) is 59.6 Å². The van der Waals surface area contributed by atoms with Crippen molar-refractivity contribution in [2.75, 3.05) is 38.7 Å². The number of amides is 2. The van der Waals surface area contributed by atoms with E-state index in [2.05, 4.69) is 27.3 Å². The van der Waals surface area contributed by atoms with Gasteiger partial charge in [0, 0.05) is 55.7 Å². The molecule has 2 amide bonds. The smallest absolute Gasteiger partial charge is 0.293 e. The zero-order chi connectivity index (χ0) is 26.1. The second-order valence-corrected chi connectivity index (χ2v) is 10.4. The first-order chi connectivity index (χ1) is 17.8. The lowest BCUT2D eigenvalue weighted by molar-refractivity contribution is -0.129. The maximum Gasteiger partial charge on any atom is 0.293 e. The number of nitrogens with zero attached hydrogens (tertiary/aromatic N) is 4. The molecule has 1 aliphatic carbocycles. The number of carbonyl (C=O) groups excluding carboxylic acids is 2. The Morgan fingerprint density at radius 2 is 2.05 bits per heavy atom. The quantitative estimate of drug-likeness (QED) is 0.492. The SMILES string of the molecule is CONC(=O)c1cc2c(cn1)N(Cc1ccc(F)cc1F)CC2CN(C)CCC1CCC(=O)N1C1CC1. The van der Waals surface area contributed by atoms with E-state index in [9.17, 15) is 18.4 Å². The van der Waals surface area contributed by atoms with Crippen LogP contribution >= 0.6 is 0 Å². The Balaban J connectivity index is 1.30. The van der Waals surface area contributed by atoms with Crippen molar-refractivity contribution in [1.82, 2.24) is 20.3 Å². The van der Waals surface area contributed by atoms with Crippen molar-refractivity contribution < 1.29 is 23.2 Å². The van der Waals surface area contributed by atoms with Gasteiger partial charge in [0.05, 0.1) is 19.0 Å². The number of nitrogens with one attached hydrogen (secondary N) is 1. The summed E-state index contributed by atoms with van der Waals surface area (Å²) in [5.74, 6) is -1.28. The normalized spacial score (nSPS) is 21.2. The minimum atomic E-state index is -0.609. The first-order valence-corrected chi connectivity index (χ1v) is 12.9. The maximum atomic E-state index is 14.4. The van der Waals surface area contributed by atoms with E-state index >= 15 is 0 Å². The van der Waals surface area contributed by atoms with Gasteiger partial charge in [-0.25, -0.2) is 19.2 Å². The van der Waals surface area contributed by atoms with Crippen LogP contribution in [0.4, 0.5) is 14.5 Å². The number of hydrogen-bond acceptors (Lipinski definition) is 6. The van der Waals surface area contributed by atoms with E-state index in [4.69, 9.17) is 4.84 Å². The molecule has 1 aromatic carbocycles. The van der Waals surface area contributed by atoms with Crippen molar-refractivity contribution in [3.8, 4) is 0 Å². The molecular formula is C27H33F2N5O3. The molecule has 2 atom stereocenters. The Hall–Kier alpha value is -3.11. The second-order valence-electron chi connectivity index (χ2n) is 10.4. The Morgan fingerprint density at radius 3 is 2.78 bits per heavy atom. The fourth-order valence-electron chi connectivity index (χ4n) is 5.68. The largest absolute Gasteiger partial charge is 0.365 e. The van der Waals surface area contributed by atoms with Gasteiger partial charge in [-0.3, -0.25) is 14.4 Å². The Kier molecular flexibility index (Phi) is 7.39. The maximum absolute atomic E-state index is 14.4. The fraction of sp³-hybridized carbons (Fsp3) is 0.519. The Labute approximate surface area is 215 Å². The topological polar surface area (TPSA) is 78.0 Å². The predicted molar refractivity (Wildman–Crippen MR) is 134 cm³/mol. The molecule has 8 nitrogen and oxygen atoms in total. The zero-order valence-electron chi connectivity index (χ0n) is 21.3.